The van der Waals surface area contributed by atoms with Gasteiger partial charge in [-0.3, -0.25) is 0 Å². The van der Waals surface area contributed by atoms with Crippen LogP contribution in [0.25, 0.3) is 11.0 Å². The Balaban J connectivity index is 1.74. The molecule has 18 heavy (non-hydrogen) atoms. The van der Waals surface area contributed by atoms with E-state index in [1.165, 1.54) is 6.33 Å². The zero-order valence-corrected chi connectivity index (χ0v) is 9.87. The van der Waals surface area contributed by atoms with E-state index in [1.807, 2.05) is 17.7 Å². The van der Waals surface area contributed by atoms with Crippen molar-refractivity contribution < 1.29 is 4.52 Å². The van der Waals surface area contributed by atoms with Crippen molar-refractivity contribution in [2.75, 3.05) is 11.9 Å². The van der Waals surface area contributed by atoms with Crippen molar-refractivity contribution in [2.45, 2.75) is 6.42 Å². The summed E-state index contributed by atoms with van der Waals surface area (Å²) in [6.07, 6.45) is 5.59. The van der Waals surface area contributed by atoms with Crippen LogP contribution in [-0.2, 0) is 13.5 Å². The summed E-state index contributed by atoms with van der Waals surface area (Å²) < 4.78 is 6.88. The minimum absolute atomic E-state index is 0.607. The Morgan fingerprint density at radius 1 is 1.33 bits per heavy atom. The molecule has 0 fully saturated rings. The number of fused-ring (bicyclic) bond motifs is 1. The number of nitrogens with zero attached hydrogens (tertiary/aromatic N) is 5. The highest BCUT2D eigenvalue weighted by Gasteiger charge is 2.06. The molecule has 0 radical (unpaired) electrons. The monoisotopic (exact) mass is 244 g/mol. The Labute approximate surface area is 103 Å². The Morgan fingerprint density at radius 2 is 2.28 bits per heavy atom. The van der Waals surface area contributed by atoms with Gasteiger partial charge >= 0.3 is 0 Å². The Morgan fingerprint density at radius 3 is 3.11 bits per heavy atom. The normalized spacial score (nSPS) is 10.9. The van der Waals surface area contributed by atoms with E-state index >= 15 is 0 Å². The zero-order chi connectivity index (χ0) is 12.4. The van der Waals surface area contributed by atoms with Crippen LogP contribution in [0.15, 0.2) is 29.4 Å². The van der Waals surface area contributed by atoms with Gasteiger partial charge in [-0.2, -0.15) is 4.98 Å². The number of hydrogen-bond acceptors (Lipinski definition) is 6. The third-order valence-electron chi connectivity index (χ3n) is 2.68. The van der Waals surface area contributed by atoms with Gasteiger partial charge in [0, 0.05) is 26.2 Å². The molecule has 3 heterocycles. The summed E-state index contributed by atoms with van der Waals surface area (Å²) in [5.41, 5.74) is 1.91. The molecule has 0 saturated carbocycles. The standard InChI is InChI=1S/C11H12N6O/c1-17-7-15-10-8(17)2-4-12-11(10)13-5-3-9-14-6-16-18-9/h2,4,6-7H,3,5H2,1H3,(H,12,13). The summed E-state index contributed by atoms with van der Waals surface area (Å²) in [5, 5.41) is 6.78. The molecule has 7 heteroatoms. The van der Waals surface area contributed by atoms with E-state index in [4.69, 9.17) is 4.52 Å². The highest BCUT2D eigenvalue weighted by molar-refractivity contribution is 5.85. The van der Waals surface area contributed by atoms with Gasteiger partial charge in [-0.05, 0) is 6.07 Å². The summed E-state index contributed by atoms with van der Waals surface area (Å²) in [7, 11) is 1.96. The number of hydrogen-bond donors (Lipinski definition) is 1. The van der Waals surface area contributed by atoms with Crippen LogP contribution in [0.1, 0.15) is 5.89 Å². The van der Waals surface area contributed by atoms with Crippen LogP contribution in [0, 0.1) is 0 Å². The van der Waals surface area contributed by atoms with E-state index in [1.54, 1.807) is 12.5 Å². The molecule has 3 aromatic rings. The fourth-order valence-corrected chi connectivity index (χ4v) is 1.79. The van der Waals surface area contributed by atoms with E-state index in [2.05, 4.69) is 25.4 Å². The maximum atomic E-state index is 4.92. The molecule has 0 aromatic carbocycles. The molecular weight excluding hydrogens is 232 g/mol. The van der Waals surface area contributed by atoms with Crippen LogP contribution in [0.4, 0.5) is 5.82 Å². The van der Waals surface area contributed by atoms with Gasteiger partial charge in [0.2, 0.25) is 5.89 Å². The molecule has 3 aromatic heterocycles. The Bertz CT molecular complexity index is 645. The topological polar surface area (TPSA) is 81.7 Å². The molecule has 1 N–H and O–H groups in total. The Hall–Kier alpha value is -2.44. The predicted molar refractivity (Wildman–Crippen MR) is 65.0 cm³/mol. The van der Waals surface area contributed by atoms with Gasteiger partial charge in [-0.25, -0.2) is 9.97 Å². The van der Waals surface area contributed by atoms with Crippen LogP contribution in [0.5, 0.6) is 0 Å². The van der Waals surface area contributed by atoms with Gasteiger partial charge in [-0.15, -0.1) is 0 Å². The van der Waals surface area contributed by atoms with E-state index in [0.717, 1.165) is 16.9 Å². The van der Waals surface area contributed by atoms with Crippen LogP contribution < -0.4 is 5.32 Å². The van der Waals surface area contributed by atoms with Crippen molar-refractivity contribution >= 4 is 16.9 Å². The lowest BCUT2D eigenvalue weighted by Gasteiger charge is -2.04. The molecule has 0 atom stereocenters. The number of nitrogens with one attached hydrogen (secondary N) is 1. The number of anilines is 1. The van der Waals surface area contributed by atoms with Crippen molar-refractivity contribution in [2.24, 2.45) is 7.05 Å². The number of imidazole rings is 1. The highest BCUT2D eigenvalue weighted by atomic mass is 16.5. The second kappa shape index (κ2) is 4.44. The van der Waals surface area contributed by atoms with E-state index in [-0.39, 0.29) is 0 Å². The quantitative estimate of drug-likeness (QED) is 0.737. The first kappa shape index (κ1) is 10.7. The van der Waals surface area contributed by atoms with E-state index in [9.17, 15) is 0 Å². The molecule has 0 bridgehead atoms. The van der Waals surface area contributed by atoms with Crippen molar-refractivity contribution in [1.29, 1.82) is 0 Å². The number of rotatable bonds is 4. The summed E-state index contributed by atoms with van der Waals surface area (Å²) in [6, 6.07) is 1.94. The molecule has 0 aliphatic heterocycles. The van der Waals surface area contributed by atoms with Crippen molar-refractivity contribution in [3.63, 3.8) is 0 Å². The summed E-state index contributed by atoms with van der Waals surface area (Å²) >= 11 is 0. The van der Waals surface area contributed by atoms with Gasteiger partial charge < -0.3 is 14.4 Å². The van der Waals surface area contributed by atoms with Gasteiger partial charge in [0.05, 0.1) is 11.8 Å². The average molecular weight is 244 g/mol. The number of aromatic nitrogens is 5. The first-order valence-corrected chi connectivity index (χ1v) is 5.60. The number of pyridine rings is 1. The van der Waals surface area contributed by atoms with Crippen LogP contribution in [-0.4, -0.2) is 31.2 Å². The first-order valence-electron chi connectivity index (χ1n) is 5.60. The average Bonchev–Trinajstić information content (AvgIpc) is 3.01. The van der Waals surface area contributed by atoms with Crippen LogP contribution in [0.3, 0.4) is 0 Å². The molecule has 92 valence electrons. The van der Waals surface area contributed by atoms with Crippen molar-refractivity contribution in [3.8, 4) is 0 Å². The highest BCUT2D eigenvalue weighted by Crippen LogP contribution is 2.18. The fraction of sp³-hybridized carbons (Fsp3) is 0.273. The van der Waals surface area contributed by atoms with Crippen LogP contribution in [0.2, 0.25) is 0 Å². The molecule has 0 spiro atoms. The molecule has 7 nitrogen and oxygen atoms in total. The van der Waals surface area contributed by atoms with E-state index < -0.39 is 0 Å². The van der Waals surface area contributed by atoms with Gasteiger partial charge in [0.1, 0.15) is 5.52 Å². The second-order valence-electron chi connectivity index (χ2n) is 3.89. The predicted octanol–water partition coefficient (Wildman–Crippen LogP) is 1.01. The molecular formula is C11H12N6O. The summed E-state index contributed by atoms with van der Waals surface area (Å²) in [6.45, 7) is 0.672. The van der Waals surface area contributed by atoms with E-state index in [0.29, 0.717) is 18.9 Å². The zero-order valence-electron chi connectivity index (χ0n) is 9.87. The Kier molecular flexibility index (Phi) is 2.64. The maximum absolute atomic E-state index is 4.92. The third kappa shape index (κ3) is 1.90. The first-order chi connectivity index (χ1) is 8.84. The molecule has 0 aliphatic rings. The molecule has 0 saturated heterocycles. The lowest BCUT2D eigenvalue weighted by Crippen LogP contribution is -2.07. The fourth-order valence-electron chi connectivity index (χ4n) is 1.79. The SMILES string of the molecule is Cn1cnc2c(NCCc3ncno3)nccc21. The molecule has 3 rings (SSSR count). The lowest BCUT2D eigenvalue weighted by molar-refractivity contribution is 0.380. The smallest absolute Gasteiger partial charge is 0.228 e. The summed E-state index contributed by atoms with van der Waals surface area (Å²) in [5.74, 6) is 1.38. The maximum Gasteiger partial charge on any atom is 0.228 e. The molecule has 0 unspecified atom stereocenters. The second-order valence-corrected chi connectivity index (χ2v) is 3.89. The molecule has 0 aliphatic carbocycles. The summed E-state index contributed by atoms with van der Waals surface area (Å²) in [4.78, 5) is 12.6. The largest absolute Gasteiger partial charge is 0.368 e. The minimum Gasteiger partial charge on any atom is -0.368 e. The third-order valence-corrected chi connectivity index (χ3v) is 2.68. The van der Waals surface area contributed by atoms with Crippen molar-refractivity contribution in [3.05, 3.63) is 30.8 Å². The van der Waals surface area contributed by atoms with Gasteiger partial charge in [0.25, 0.3) is 0 Å². The minimum atomic E-state index is 0.607. The molecule has 0 amide bonds. The van der Waals surface area contributed by atoms with Gasteiger partial charge in [-0.1, -0.05) is 5.16 Å². The number of aryl methyl sites for hydroxylation is 1. The van der Waals surface area contributed by atoms with Gasteiger partial charge in [0.15, 0.2) is 12.1 Å². The lowest BCUT2D eigenvalue weighted by atomic mass is 10.3. The van der Waals surface area contributed by atoms with Crippen molar-refractivity contribution in [1.82, 2.24) is 24.7 Å². The van der Waals surface area contributed by atoms with Crippen LogP contribution >= 0.6 is 0 Å².